The van der Waals surface area contributed by atoms with Crippen molar-refractivity contribution in [2.45, 2.75) is 38.3 Å². The zero-order valence-corrected chi connectivity index (χ0v) is 12.6. The van der Waals surface area contributed by atoms with Gasteiger partial charge in [0.2, 0.25) is 0 Å². The molecule has 3 rings (SSSR count). The quantitative estimate of drug-likeness (QED) is 0.921. The highest BCUT2D eigenvalue weighted by Crippen LogP contribution is 2.40. The van der Waals surface area contributed by atoms with Crippen LogP contribution in [-0.4, -0.2) is 31.1 Å². The minimum atomic E-state index is 0.406. The molecule has 0 amide bonds. The Labute approximate surface area is 122 Å². The third-order valence-corrected chi connectivity index (χ3v) is 5.32. The number of nitrogens with zero attached hydrogens (tertiary/aromatic N) is 1. The first-order valence-corrected chi connectivity index (χ1v) is 7.83. The number of ether oxygens (including phenoxy) is 1. The first-order valence-electron chi connectivity index (χ1n) is 7.83. The smallest absolute Gasteiger partial charge is 0.123 e. The third kappa shape index (κ3) is 2.45. The fourth-order valence-electron chi connectivity index (χ4n) is 4.08. The average molecular weight is 274 g/mol. The molecule has 20 heavy (non-hydrogen) atoms. The van der Waals surface area contributed by atoms with Crippen molar-refractivity contribution in [1.29, 1.82) is 0 Å². The van der Waals surface area contributed by atoms with Crippen molar-refractivity contribution in [1.82, 2.24) is 4.90 Å². The summed E-state index contributed by atoms with van der Waals surface area (Å²) in [5.74, 6) is 2.50. The van der Waals surface area contributed by atoms with Crippen LogP contribution in [-0.2, 0) is 0 Å². The first kappa shape index (κ1) is 13.9. The second-order valence-electron chi connectivity index (χ2n) is 6.39. The summed E-state index contributed by atoms with van der Waals surface area (Å²) in [5, 5.41) is 0. The molecule has 1 aromatic rings. The SMILES string of the molecule is COc1ccccc1C(C)N1CC2CCCC(N)C2C1. The Kier molecular flexibility index (Phi) is 3.99. The summed E-state index contributed by atoms with van der Waals surface area (Å²) in [6.45, 7) is 4.63. The van der Waals surface area contributed by atoms with E-state index in [4.69, 9.17) is 10.5 Å². The largest absolute Gasteiger partial charge is 0.496 e. The summed E-state index contributed by atoms with van der Waals surface area (Å²) in [5.41, 5.74) is 7.62. The maximum atomic E-state index is 6.33. The average Bonchev–Trinajstić information content (AvgIpc) is 2.92. The summed E-state index contributed by atoms with van der Waals surface area (Å²) in [7, 11) is 1.76. The molecular formula is C17H26N2O. The predicted octanol–water partition coefficient (Wildman–Crippen LogP) is 2.82. The van der Waals surface area contributed by atoms with Crippen molar-refractivity contribution in [3.8, 4) is 5.75 Å². The molecule has 0 aromatic heterocycles. The Hall–Kier alpha value is -1.06. The van der Waals surface area contributed by atoms with Crippen molar-refractivity contribution in [3.05, 3.63) is 29.8 Å². The molecule has 1 saturated heterocycles. The Morgan fingerprint density at radius 2 is 2.05 bits per heavy atom. The van der Waals surface area contributed by atoms with Crippen LogP contribution >= 0.6 is 0 Å². The van der Waals surface area contributed by atoms with E-state index in [-0.39, 0.29) is 0 Å². The van der Waals surface area contributed by atoms with Crippen LogP contribution in [0.4, 0.5) is 0 Å². The summed E-state index contributed by atoms with van der Waals surface area (Å²) in [6.07, 6.45) is 3.87. The van der Waals surface area contributed by atoms with Crippen molar-refractivity contribution in [3.63, 3.8) is 0 Å². The van der Waals surface area contributed by atoms with Crippen molar-refractivity contribution in [2.24, 2.45) is 17.6 Å². The van der Waals surface area contributed by atoms with Crippen LogP contribution in [0, 0.1) is 11.8 Å². The van der Waals surface area contributed by atoms with E-state index in [1.54, 1.807) is 7.11 Å². The van der Waals surface area contributed by atoms with E-state index in [1.165, 1.54) is 31.4 Å². The summed E-state index contributed by atoms with van der Waals surface area (Å²) < 4.78 is 5.51. The monoisotopic (exact) mass is 274 g/mol. The minimum Gasteiger partial charge on any atom is -0.496 e. The van der Waals surface area contributed by atoms with Gasteiger partial charge < -0.3 is 10.5 Å². The second kappa shape index (κ2) is 5.74. The van der Waals surface area contributed by atoms with Crippen LogP contribution in [0.5, 0.6) is 5.75 Å². The van der Waals surface area contributed by atoms with Gasteiger partial charge in [0.25, 0.3) is 0 Å². The molecule has 0 bridgehead atoms. The minimum absolute atomic E-state index is 0.406. The van der Waals surface area contributed by atoms with E-state index in [0.717, 1.165) is 18.2 Å². The number of likely N-dealkylation sites (tertiary alicyclic amines) is 1. The Morgan fingerprint density at radius 3 is 2.80 bits per heavy atom. The van der Waals surface area contributed by atoms with E-state index in [0.29, 0.717) is 18.0 Å². The standard InChI is InChI=1S/C17H26N2O/c1-12(14-7-3-4-9-17(14)20-2)19-10-13-6-5-8-16(18)15(13)11-19/h3-4,7,9,12-13,15-16H,5-6,8,10-11,18H2,1-2H3. The summed E-state index contributed by atoms with van der Waals surface area (Å²) >= 11 is 0. The van der Waals surface area contributed by atoms with Gasteiger partial charge in [-0.25, -0.2) is 0 Å². The van der Waals surface area contributed by atoms with Crippen LogP contribution in [0.15, 0.2) is 24.3 Å². The maximum absolute atomic E-state index is 6.33. The molecule has 0 spiro atoms. The molecule has 1 aromatic carbocycles. The molecule has 0 radical (unpaired) electrons. The van der Waals surface area contributed by atoms with E-state index >= 15 is 0 Å². The lowest BCUT2D eigenvalue weighted by Crippen LogP contribution is -2.38. The molecule has 1 heterocycles. The van der Waals surface area contributed by atoms with Crippen molar-refractivity contribution < 1.29 is 4.74 Å². The number of rotatable bonds is 3. The number of nitrogens with two attached hydrogens (primary N) is 1. The van der Waals surface area contributed by atoms with E-state index < -0.39 is 0 Å². The second-order valence-corrected chi connectivity index (χ2v) is 6.39. The zero-order valence-electron chi connectivity index (χ0n) is 12.6. The molecule has 1 aliphatic carbocycles. The summed E-state index contributed by atoms with van der Waals surface area (Å²) in [6, 6.07) is 9.19. The predicted molar refractivity (Wildman–Crippen MR) is 81.8 cm³/mol. The van der Waals surface area contributed by atoms with Gasteiger partial charge >= 0.3 is 0 Å². The van der Waals surface area contributed by atoms with Gasteiger partial charge in [0.15, 0.2) is 0 Å². The first-order chi connectivity index (χ1) is 9.70. The van der Waals surface area contributed by atoms with Gasteiger partial charge in [-0.15, -0.1) is 0 Å². The van der Waals surface area contributed by atoms with Crippen LogP contribution in [0.3, 0.4) is 0 Å². The number of methoxy groups -OCH3 is 1. The number of fused-ring (bicyclic) bond motifs is 1. The highest BCUT2D eigenvalue weighted by Gasteiger charge is 2.40. The molecule has 2 fully saturated rings. The van der Waals surface area contributed by atoms with Crippen LogP contribution in [0.25, 0.3) is 0 Å². The van der Waals surface area contributed by atoms with Gasteiger partial charge in [-0.05, 0) is 37.7 Å². The molecule has 4 unspecified atom stereocenters. The fourth-order valence-corrected chi connectivity index (χ4v) is 4.08. The number of benzene rings is 1. The molecule has 3 heteroatoms. The van der Waals surface area contributed by atoms with Gasteiger partial charge in [0.1, 0.15) is 5.75 Å². The Bertz CT molecular complexity index is 462. The fraction of sp³-hybridized carbons (Fsp3) is 0.647. The zero-order chi connectivity index (χ0) is 14.1. The molecule has 110 valence electrons. The molecule has 2 N–H and O–H groups in total. The third-order valence-electron chi connectivity index (χ3n) is 5.32. The lowest BCUT2D eigenvalue weighted by atomic mass is 9.78. The van der Waals surface area contributed by atoms with Crippen LogP contribution < -0.4 is 10.5 Å². The number of hydrogen-bond donors (Lipinski definition) is 1. The lowest BCUT2D eigenvalue weighted by molar-refractivity contribution is 0.240. The summed E-state index contributed by atoms with van der Waals surface area (Å²) in [4.78, 5) is 2.60. The molecule has 1 saturated carbocycles. The molecule has 3 nitrogen and oxygen atoms in total. The van der Waals surface area contributed by atoms with E-state index in [2.05, 4.69) is 30.0 Å². The van der Waals surface area contributed by atoms with Crippen LogP contribution in [0.2, 0.25) is 0 Å². The molecular weight excluding hydrogens is 248 g/mol. The van der Waals surface area contributed by atoms with Gasteiger partial charge in [-0.1, -0.05) is 24.6 Å². The van der Waals surface area contributed by atoms with E-state index in [1.807, 2.05) is 6.07 Å². The van der Waals surface area contributed by atoms with Gasteiger partial charge in [0.05, 0.1) is 7.11 Å². The number of hydrogen-bond acceptors (Lipinski definition) is 3. The van der Waals surface area contributed by atoms with Crippen molar-refractivity contribution >= 4 is 0 Å². The Morgan fingerprint density at radius 1 is 1.25 bits per heavy atom. The topological polar surface area (TPSA) is 38.5 Å². The van der Waals surface area contributed by atoms with Gasteiger partial charge in [-0.2, -0.15) is 0 Å². The molecule has 4 atom stereocenters. The highest BCUT2D eigenvalue weighted by molar-refractivity contribution is 5.35. The maximum Gasteiger partial charge on any atom is 0.123 e. The normalized spacial score (nSPS) is 31.9. The van der Waals surface area contributed by atoms with Gasteiger partial charge in [0, 0.05) is 30.7 Å². The van der Waals surface area contributed by atoms with Crippen LogP contribution in [0.1, 0.15) is 37.8 Å². The molecule has 2 aliphatic rings. The highest BCUT2D eigenvalue weighted by atomic mass is 16.5. The van der Waals surface area contributed by atoms with Gasteiger partial charge in [-0.3, -0.25) is 4.90 Å². The lowest BCUT2D eigenvalue weighted by Gasteiger charge is -2.30. The van der Waals surface area contributed by atoms with Crippen molar-refractivity contribution in [2.75, 3.05) is 20.2 Å². The Balaban J connectivity index is 1.76. The number of para-hydroxylation sites is 1. The molecule has 1 aliphatic heterocycles. The van der Waals surface area contributed by atoms with E-state index in [9.17, 15) is 0 Å².